The van der Waals surface area contributed by atoms with Gasteiger partial charge in [0.1, 0.15) is 0 Å². The van der Waals surface area contributed by atoms with Crippen LogP contribution in [0, 0.1) is 5.92 Å². The second-order valence-corrected chi connectivity index (χ2v) is 4.49. The van der Waals surface area contributed by atoms with E-state index in [1.165, 1.54) is 0 Å². The summed E-state index contributed by atoms with van der Waals surface area (Å²) in [7, 11) is 1.64. The second-order valence-electron chi connectivity index (χ2n) is 4.49. The number of methoxy groups -OCH3 is 1. The normalized spacial score (nSPS) is 28.5. The quantitative estimate of drug-likeness (QED) is 0.722. The number of nitrogens with two attached hydrogens (primary N) is 1. The number of rotatable bonds is 4. The van der Waals surface area contributed by atoms with Crippen LogP contribution in [0.15, 0.2) is 0 Å². The molecule has 15 heavy (non-hydrogen) atoms. The molecule has 3 N–H and O–H groups in total. The Hall–Kier alpha value is -0.610. The Balaban J connectivity index is 2.32. The molecular weight excluding hydrogens is 192 g/mol. The maximum Gasteiger partial charge on any atom is 0.223 e. The molecule has 4 heteroatoms. The van der Waals surface area contributed by atoms with Crippen molar-refractivity contribution < 1.29 is 9.53 Å². The Bertz CT molecular complexity index is 209. The Morgan fingerprint density at radius 1 is 1.60 bits per heavy atom. The molecule has 0 bridgehead atoms. The first-order valence-electron chi connectivity index (χ1n) is 5.68. The standard InChI is InChI=1S/C11H22N2O2/c1-8(7-15-2)13-11(14)9-4-3-5-10(12)6-9/h8-10H,3-7,12H2,1-2H3,(H,13,14)/t8-,9?,10?/m1/s1. The minimum atomic E-state index is 0.0839. The van der Waals surface area contributed by atoms with Crippen molar-refractivity contribution in [1.29, 1.82) is 0 Å². The molecule has 1 rings (SSSR count). The molecule has 0 saturated heterocycles. The van der Waals surface area contributed by atoms with Gasteiger partial charge < -0.3 is 15.8 Å². The highest BCUT2D eigenvalue weighted by Crippen LogP contribution is 2.23. The molecule has 0 aromatic carbocycles. The van der Waals surface area contributed by atoms with Crippen LogP contribution in [0.5, 0.6) is 0 Å². The van der Waals surface area contributed by atoms with Crippen molar-refractivity contribution in [1.82, 2.24) is 5.32 Å². The molecule has 1 aliphatic carbocycles. The van der Waals surface area contributed by atoms with Crippen LogP contribution < -0.4 is 11.1 Å². The van der Waals surface area contributed by atoms with E-state index < -0.39 is 0 Å². The Morgan fingerprint density at radius 2 is 2.33 bits per heavy atom. The largest absolute Gasteiger partial charge is 0.383 e. The Labute approximate surface area is 91.5 Å². The van der Waals surface area contributed by atoms with E-state index in [9.17, 15) is 4.79 Å². The maximum absolute atomic E-state index is 11.8. The summed E-state index contributed by atoms with van der Waals surface area (Å²) in [5.41, 5.74) is 5.85. The van der Waals surface area contributed by atoms with Gasteiger partial charge in [-0.1, -0.05) is 6.42 Å². The van der Waals surface area contributed by atoms with Crippen LogP contribution in [0.25, 0.3) is 0 Å². The minimum absolute atomic E-state index is 0.0839. The van der Waals surface area contributed by atoms with E-state index in [2.05, 4.69) is 5.32 Å². The summed E-state index contributed by atoms with van der Waals surface area (Å²) in [6, 6.07) is 0.285. The summed E-state index contributed by atoms with van der Waals surface area (Å²) in [6.45, 7) is 2.51. The number of nitrogens with one attached hydrogen (secondary N) is 1. The van der Waals surface area contributed by atoms with Gasteiger partial charge in [0.05, 0.1) is 6.61 Å². The molecule has 4 nitrogen and oxygen atoms in total. The van der Waals surface area contributed by atoms with E-state index in [4.69, 9.17) is 10.5 Å². The molecule has 1 fully saturated rings. The van der Waals surface area contributed by atoms with Gasteiger partial charge in [-0.2, -0.15) is 0 Å². The zero-order chi connectivity index (χ0) is 11.3. The Morgan fingerprint density at radius 3 is 2.93 bits per heavy atom. The van der Waals surface area contributed by atoms with Gasteiger partial charge >= 0.3 is 0 Å². The summed E-state index contributed by atoms with van der Waals surface area (Å²) >= 11 is 0. The van der Waals surface area contributed by atoms with Crippen LogP contribution in [-0.4, -0.2) is 31.7 Å². The van der Waals surface area contributed by atoms with Crippen LogP contribution >= 0.6 is 0 Å². The lowest BCUT2D eigenvalue weighted by molar-refractivity contribution is -0.127. The molecule has 1 aliphatic rings. The second kappa shape index (κ2) is 6.08. The molecule has 0 aliphatic heterocycles. The third kappa shape index (κ3) is 4.18. The molecule has 0 radical (unpaired) electrons. The topological polar surface area (TPSA) is 64.3 Å². The maximum atomic E-state index is 11.8. The fourth-order valence-corrected chi connectivity index (χ4v) is 2.12. The first-order chi connectivity index (χ1) is 7.13. The van der Waals surface area contributed by atoms with Crippen molar-refractivity contribution in [2.24, 2.45) is 11.7 Å². The van der Waals surface area contributed by atoms with Crippen LogP contribution in [0.2, 0.25) is 0 Å². The van der Waals surface area contributed by atoms with E-state index in [0.29, 0.717) is 6.61 Å². The molecule has 0 heterocycles. The van der Waals surface area contributed by atoms with E-state index in [1.807, 2.05) is 6.92 Å². The highest BCUT2D eigenvalue weighted by molar-refractivity contribution is 5.79. The average Bonchev–Trinajstić information content (AvgIpc) is 2.18. The fraction of sp³-hybridized carbons (Fsp3) is 0.909. The smallest absolute Gasteiger partial charge is 0.223 e. The number of carbonyl (C=O) groups excluding carboxylic acids is 1. The number of hydrogen-bond donors (Lipinski definition) is 2. The molecular formula is C11H22N2O2. The highest BCUT2D eigenvalue weighted by atomic mass is 16.5. The van der Waals surface area contributed by atoms with Crippen molar-refractivity contribution in [2.75, 3.05) is 13.7 Å². The summed E-state index contributed by atoms with van der Waals surface area (Å²) < 4.78 is 4.97. The molecule has 3 atom stereocenters. The molecule has 1 saturated carbocycles. The van der Waals surface area contributed by atoms with E-state index in [1.54, 1.807) is 7.11 Å². The summed E-state index contributed by atoms with van der Waals surface area (Å²) in [4.78, 5) is 11.8. The lowest BCUT2D eigenvalue weighted by atomic mass is 9.85. The zero-order valence-corrected chi connectivity index (χ0v) is 9.66. The monoisotopic (exact) mass is 214 g/mol. The number of ether oxygens (including phenoxy) is 1. The van der Waals surface area contributed by atoms with Crippen LogP contribution in [0.3, 0.4) is 0 Å². The summed E-state index contributed by atoms with van der Waals surface area (Å²) in [5, 5.41) is 2.95. The van der Waals surface area contributed by atoms with Gasteiger partial charge in [-0.15, -0.1) is 0 Å². The molecule has 0 aromatic heterocycles. The van der Waals surface area contributed by atoms with Crippen LogP contribution in [0.4, 0.5) is 0 Å². The van der Waals surface area contributed by atoms with E-state index >= 15 is 0 Å². The summed E-state index contributed by atoms with van der Waals surface area (Å²) in [6.07, 6.45) is 3.92. The van der Waals surface area contributed by atoms with Crippen LogP contribution in [-0.2, 0) is 9.53 Å². The van der Waals surface area contributed by atoms with Crippen molar-refractivity contribution >= 4 is 5.91 Å². The third-order valence-electron chi connectivity index (χ3n) is 2.89. The molecule has 1 amide bonds. The minimum Gasteiger partial charge on any atom is -0.383 e. The van der Waals surface area contributed by atoms with Gasteiger partial charge in [-0.25, -0.2) is 0 Å². The molecule has 88 valence electrons. The van der Waals surface area contributed by atoms with Gasteiger partial charge in [0.15, 0.2) is 0 Å². The number of carbonyl (C=O) groups is 1. The fourth-order valence-electron chi connectivity index (χ4n) is 2.12. The van der Waals surface area contributed by atoms with Gasteiger partial charge in [-0.3, -0.25) is 4.79 Å². The van der Waals surface area contributed by atoms with Crippen LogP contribution in [0.1, 0.15) is 32.6 Å². The van der Waals surface area contributed by atoms with E-state index in [0.717, 1.165) is 25.7 Å². The highest BCUT2D eigenvalue weighted by Gasteiger charge is 2.25. The average molecular weight is 214 g/mol. The predicted molar refractivity (Wildman–Crippen MR) is 59.4 cm³/mol. The molecule has 0 aromatic rings. The van der Waals surface area contributed by atoms with Crippen molar-refractivity contribution in [3.05, 3.63) is 0 Å². The van der Waals surface area contributed by atoms with Gasteiger partial charge in [0.2, 0.25) is 5.91 Å². The summed E-state index contributed by atoms with van der Waals surface area (Å²) in [5.74, 6) is 0.239. The predicted octanol–water partition coefficient (Wildman–Crippen LogP) is 0.655. The number of hydrogen-bond acceptors (Lipinski definition) is 3. The molecule has 0 spiro atoms. The SMILES string of the molecule is COC[C@@H](C)NC(=O)C1CCCC(N)C1. The lowest BCUT2D eigenvalue weighted by Gasteiger charge is -2.26. The lowest BCUT2D eigenvalue weighted by Crippen LogP contribution is -2.42. The van der Waals surface area contributed by atoms with Crippen molar-refractivity contribution in [2.45, 2.75) is 44.7 Å². The third-order valence-corrected chi connectivity index (χ3v) is 2.89. The van der Waals surface area contributed by atoms with Crippen molar-refractivity contribution in [3.8, 4) is 0 Å². The first-order valence-corrected chi connectivity index (χ1v) is 5.68. The van der Waals surface area contributed by atoms with Gasteiger partial charge in [-0.05, 0) is 26.2 Å². The number of amides is 1. The van der Waals surface area contributed by atoms with Gasteiger partial charge in [0, 0.05) is 25.1 Å². The zero-order valence-electron chi connectivity index (χ0n) is 9.66. The Kier molecular flexibility index (Phi) is 5.05. The molecule has 2 unspecified atom stereocenters. The van der Waals surface area contributed by atoms with Crippen molar-refractivity contribution in [3.63, 3.8) is 0 Å². The van der Waals surface area contributed by atoms with E-state index in [-0.39, 0.29) is 23.9 Å². The first kappa shape index (κ1) is 12.5. The van der Waals surface area contributed by atoms with Gasteiger partial charge in [0.25, 0.3) is 0 Å².